The van der Waals surface area contributed by atoms with Crippen molar-refractivity contribution in [3.8, 4) is 0 Å². The van der Waals surface area contributed by atoms with Crippen LogP contribution in [-0.4, -0.2) is 70.3 Å². The summed E-state index contributed by atoms with van der Waals surface area (Å²) in [4.78, 5) is 36.8. The Morgan fingerprint density at radius 2 is 1.70 bits per heavy atom. The molecule has 0 aliphatic rings. The van der Waals surface area contributed by atoms with Gasteiger partial charge in [0.1, 0.15) is 5.69 Å². The summed E-state index contributed by atoms with van der Waals surface area (Å²) in [5, 5.41) is 31.9. The predicted octanol–water partition coefficient (Wildman–Crippen LogP) is 2.24. The number of carbonyl (C=O) groups excluding carboxylic acids is 1. The Hall–Kier alpha value is -2.17. The maximum Gasteiger partial charge on any atom is 0.300 e. The Balaban J connectivity index is 3.75. The van der Waals surface area contributed by atoms with Gasteiger partial charge in [-0.2, -0.15) is 0 Å². The molecule has 1 aromatic rings. The average Bonchev–Trinajstić information content (AvgIpc) is 2.64. The molecular formula is C15H20Cl2N4O6. The van der Waals surface area contributed by atoms with Crippen LogP contribution in [0.15, 0.2) is 12.1 Å². The van der Waals surface area contributed by atoms with Crippen LogP contribution in [-0.2, 0) is 0 Å². The molecule has 0 unspecified atom stereocenters. The molecule has 1 rings (SSSR count). The molecule has 12 heteroatoms. The van der Waals surface area contributed by atoms with E-state index in [1.165, 1.54) is 9.80 Å². The third-order valence-corrected chi connectivity index (χ3v) is 4.11. The molecule has 1 aromatic carbocycles. The van der Waals surface area contributed by atoms with Gasteiger partial charge in [0, 0.05) is 44.0 Å². The topological polar surface area (TPSA) is 130 Å². The molecule has 0 aromatic heterocycles. The predicted molar refractivity (Wildman–Crippen MR) is 102 cm³/mol. The van der Waals surface area contributed by atoms with Crippen molar-refractivity contribution in [2.45, 2.75) is 6.92 Å². The third kappa shape index (κ3) is 5.65. The minimum absolute atomic E-state index is 0.0176. The van der Waals surface area contributed by atoms with E-state index < -0.39 is 27.1 Å². The summed E-state index contributed by atoms with van der Waals surface area (Å²) >= 11 is 11.6. The van der Waals surface area contributed by atoms with E-state index in [-0.39, 0.29) is 55.8 Å². The first kappa shape index (κ1) is 22.9. The Labute approximate surface area is 165 Å². The second-order valence-corrected chi connectivity index (χ2v) is 6.10. The van der Waals surface area contributed by atoms with Gasteiger partial charge in [-0.15, -0.1) is 23.2 Å². The number of aliphatic hydroxyl groups excluding tert-OH is 1. The highest BCUT2D eigenvalue weighted by molar-refractivity contribution is 6.18. The lowest BCUT2D eigenvalue weighted by Gasteiger charge is -2.27. The average molecular weight is 423 g/mol. The van der Waals surface area contributed by atoms with Gasteiger partial charge in [0.25, 0.3) is 17.3 Å². The molecule has 0 aliphatic carbocycles. The summed E-state index contributed by atoms with van der Waals surface area (Å²) in [7, 11) is 0. The molecule has 0 fully saturated rings. The normalized spacial score (nSPS) is 10.5. The Kier molecular flexibility index (Phi) is 9.19. The second kappa shape index (κ2) is 10.9. The van der Waals surface area contributed by atoms with Gasteiger partial charge >= 0.3 is 0 Å². The number of nitro benzene ring substituents is 2. The number of likely N-dealkylation sites (N-methyl/N-ethyl adjacent to an activating group) is 1. The summed E-state index contributed by atoms with van der Waals surface area (Å²) in [6.07, 6.45) is 0. The minimum Gasteiger partial charge on any atom is -0.395 e. The van der Waals surface area contributed by atoms with Crippen molar-refractivity contribution in [1.29, 1.82) is 0 Å². The van der Waals surface area contributed by atoms with E-state index in [9.17, 15) is 25.0 Å². The molecule has 0 radical (unpaired) electrons. The highest BCUT2D eigenvalue weighted by Crippen LogP contribution is 2.37. The fourth-order valence-corrected chi connectivity index (χ4v) is 2.99. The summed E-state index contributed by atoms with van der Waals surface area (Å²) in [5.74, 6) is -0.456. The second-order valence-electron chi connectivity index (χ2n) is 5.35. The fraction of sp³-hybridized carbons (Fsp3) is 0.533. The van der Waals surface area contributed by atoms with Crippen LogP contribution in [0, 0.1) is 20.2 Å². The Morgan fingerprint density at radius 1 is 1.11 bits per heavy atom. The first-order valence-corrected chi connectivity index (χ1v) is 9.13. The van der Waals surface area contributed by atoms with Crippen molar-refractivity contribution in [1.82, 2.24) is 4.90 Å². The van der Waals surface area contributed by atoms with Crippen molar-refractivity contribution >= 4 is 46.2 Å². The molecule has 10 nitrogen and oxygen atoms in total. The highest BCUT2D eigenvalue weighted by atomic mass is 35.5. The lowest BCUT2D eigenvalue weighted by Crippen LogP contribution is -2.36. The lowest BCUT2D eigenvalue weighted by molar-refractivity contribution is -0.393. The largest absolute Gasteiger partial charge is 0.395 e. The minimum atomic E-state index is -0.802. The standard InChI is InChI=1S/C15H20Cl2N4O6/c1-2-18(7-8-22)15(23)12-9-11(20(24)25)10-13(21(26)27)14(12)19(5-3-16)6-4-17/h9-10,22H,2-8H2,1H3. The number of aliphatic hydroxyl groups is 1. The van der Waals surface area contributed by atoms with Crippen LogP contribution >= 0.6 is 23.2 Å². The summed E-state index contributed by atoms with van der Waals surface area (Å²) in [6.45, 7) is 1.84. The van der Waals surface area contributed by atoms with E-state index >= 15 is 0 Å². The smallest absolute Gasteiger partial charge is 0.300 e. The van der Waals surface area contributed by atoms with E-state index in [0.717, 1.165) is 12.1 Å². The monoisotopic (exact) mass is 422 g/mol. The number of benzene rings is 1. The number of nitro groups is 2. The van der Waals surface area contributed by atoms with Crippen LogP contribution in [0.25, 0.3) is 0 Å². The molecule has 0 bridgehead atoms. The van der Waals surface area contributed by atoms with Crippen molar-refractivity contribution in [3.05, 3.63) is 37.9 Å². The van der Waals surface area contributed by atoms with Crippen LogP contribution in [0.1, 0.15) is 17.3 Å². The molecule has 0 atom stereocenters. The molecule has 1 amide bonds. The molecule has 0 saturated heterocycles. The SMILES string of the molecule is CCN(CCO)C(=O)c1cc([N+](=O)[O-])cc([N+](=O)[O-])c1N(CCCl)CCCl. The van der Waals surface area contributed by atoms with Crippen LogP contribution in [0.2, 0.25) is 0 Å². The van der Waals surface area contributed by atoms with Crippen LogP contribution < -0.4 is 4.90 Å². The number of alkyl halides is 2. The number of hydrogen-bond acceptors (Lipinski definition) is 7. The summed E-state index contributed by atoms with van der Waals surface area (Å²) in [5.41, 5.74) is -1.44. The van der Waals surface area contributed by atoms with Gasteiger partial charge in [0.05, 0.1) is 28.1 Å². The van der Waals surface area contributed by atoms with Crippen LogP contribution in [0.4, 0.5) is 17.1 Å². The number of halogens is 2. The van der Waals surface area contributed by atoms with Crippen molar-refractivity contribution in [2.24, 2.45) is 0 Å². The maximum absolute atomic E-state index is 12.9. The highest BCUT2D eigenvalue weighted by Gasteiger charge is 2.32. The molecule has 27 heavy (non-hydrogen) atoms. The Morgan fingerprint density at radius 3 is 2.11 bits per heavy atom. The van der Waals surface area contributed by atoms with Crippen LogP contribution in [0.3, 0.4) is 0 Å². The Bertz CT molecular complexity index is 697. The van der Waals surface area contributed by atoms with E-state index in [2.05, 4.69) is 0 Å². The number of anilines is 1. The van der Waals surface area contributed by atoms with E-state index in [0.29, 0.717) is 0 Å². The number of hydrogen-bond donors (Lipinski definition) is 1. The molecular weight excluding hydrogens is 403 g/mol. The summed E-state index contributed by atoms with van der Waals surface area (Å²) in [6, 6.07) is 1.81. The zero-order chi connectivity index (χ0) is 20.6. The van der Waals surface area contributed by atoms with Gasteiger partial charge in [-0.3, -0.25) is 25.0 Å². The number of rotatable bonds is 11. The summed E-state index contributed by atoms with van der Waals surface area (Å²) < 4.78 is 0. The molecule has 0 heterocycles. The van der Waals surface area contributed by atoms with Gasteiger partial charge in [-0.25, -0.2) is 0 Å². The molecule has 1 N–H and O–H groups in total. The fourth-order valence-electron chi connectivity index (χ4n) is 2.58. The van der Waals surface area contributed by atoms with Crippen molar-refractivity contribution in [3.63, 3.8) is 0 Å². The number of non-ortho nitro benzene ring substituents is 1. The molecule has 0 spiro atoms. The zero-order valence-electron chi connectivity index (χ0n) is 14.6. The van der Waals surface area contributed by atoms with E-state index in [1.807, 2.05) is 0 Å². The first-order chi connectivity index (χ1) is 12.8. The van der Waals surface area contributed by atoms with E-state index in [1.54, 1.807) is 6.92 Å². The molecule has 0 aliphatic heterocycles. The molecule has 150 valence electrons. The number of nitrogens with zero attached hydrogens (tertiary/aromatic N) is 4. The zero-order valence-corrected chi connectivity index (χ0v) is 16.1. The van der Waals surface area contributed by atoms with Gasteiger partial charge in [-0.1, -0.05) is 0 Å². The van der Waals surface area contributed by atoms with Crippen LogP contribution in [0.5, 0.6) is 0 Å². The first-order valence-electron chi connectivity index (χ1n) is 8.06. The van der Waals surface area contributed by atoms with Gasteiger partial charge in [0.2, 0.25) is 0 Å². The quantitative estimate of drug-likeness (QED) is 0.328. The molecule has 0 saturated carbocycles. The lowest BCUT2D eigenvalue weighted by atomic mass is 10.1. The van der Waals surface area contributed by atoms with Crippen molar-refractivity contribution in [2.75, 3.05) is 49.4 Å². The van der Waals surface area contributed by atoms with Crippen molar-refractivity contribution < 1.29 is 19.7 Å². The van der Waals surface area contributed by atoms with E-state index in [4.69, 9.17) is 28.3 Å². The number of amides is 1. The van der Waals surface area contributed by atoms with Gasteiger partial charge in [0.15, 0.2) is 0 Å². The van der Waals surface area contributed by atoms with Gasteiger partial charge in [-0.05, 0) is 6.92 Å². The van der Waals surface area contributed by atoms with Gasteiger partial charge < -0.3 is 14.9 Å². The third-order valence-electron chi connectivity index (χ3n) is 3.78. The maximum atomic E-state index is 12.9. The number of carbonyl (C=O) groups is 1.